The van der Waals surface area contributed by atoms with Gasteiger partial charge in [0.25, 0.3) is 0 Å². The van der Waals surface area contributed by atoms with E-state index in [1.54, 1.807) is 18.2 Å². The second kappa shape index (κ2) is 6.78. The molecule has 0 atom stereocenters. The molecule has 6 nitrogen and oxygen atoms in total. The molecule has 1 heterocycles. The van der Waals surface area contributed by atoms with Crippen LogP contribution in [0.5, 0.6) is 0 Å². The van der Waals surface area contributed by atoms with E-state index in [4.69, 9.17) is 38.5 Å². The number of rotatable bonds is 2. The molecule has 0 bridgehead atoms. The lowest BCUT2D eigenvalue weighted by atomic mass is 10.2. The summed E-state index contributed by atoms with van der Waals surface area (Å²) < 4.78 is 5.13. The summed E-state index contributed by atoms with van der Waals surface area (Å²) in [6, 6.07) is 4.92. The van der Waals surface area contributed by atoms with Crippen molar-refractivity contribution >= 4 is 35.1 Å². The number of carbonyl (C=O) groups excluding carboxylic acids is 1. The molecule has 0 unspecified atom stereocenters. The number of hydrogen-bond donors (Lipinski definition) is 1. The van der Waals surface area contributed by atoms with Crippen molar-refractivity contribution in [3.63, 3.8) is 0 Å². The number of amidine groups is 1. The minimum absolute atomic E-state index is 0.0535. The summed E-state index contributed by atoms with van der Waals surface area (Å²) in [5.41, 5.74) is 6.07. The summed E-state index contributed by atoms with van der Waals surface area (Å²) >= 11 is 12.0. The van der Waals surface area contributed by atoms with Crippen molar-refractivity contribution in [2.45, 2.75) is 0 Å². The van der Waals surface area contributed by atoms with Crippen molar-refractivity contribution in [1.82, 2.24) is 4.90 Å². The normalized spacial score (nSPS) is 16.1. The lowest BCUT2D eigenvalue weighted by molar-refractivity contribution is 0.0279. The number of oxime groups is 1. The maximum absolute atomic E-state index is 11.7. The highest BCUT2D eigenvalue weighted by Crippen LogP contribution is 2.23. The maximum Gasteiger partial charge on any atom is 0.436 e. The van der Waals surface area contributed by atoms with Crippen molar-refractivity contribution in [3.8, 4) is 0 Å². The number of morpholine rings is 1. The van der Waals surface area contributed by atoms with E-state index in [1.807, 2.05) is 0 Å². The van der Waals surface area contributed by atoms with E-state index in [2.05, 4.69) is 5.16 Å². The van der Waals surface area contributed by atoms with Crippen molar-refractivity contribution in [1.29, 1.82) is 0 Å². The van der Waals surface area contributed by atoms with Gasteiger partial charge in [-0.1, -0.05) is 34.4 Å². The Labute approximate surface area is 126 Å². The van der Waals surface area contributed by atoms with Crippen LogP contribution in [-0.4, -0.2) is 43.1 Å². The summed E-state index contributed by atoms with van der Waals surface area (Å²) in [6.45, 7) is 1.87. The Morgan fingerprint density at radius 2 is 1.90 bits per heavy atom. The van der Waals surface area contributed by atoms with Gasteiger partial charge in [0.1, 0.15) is 0 Å². The predicted octanol–water partition coefficient (Wildman–Crippen LogP) is 2.08. The van der Waals surface area contributed by atoms with Gasteiger partial charge in [-0.2, -0.15) is 0 Å². The molecule has 1 amide bonds. The molecule has 0 radical (unpaired) electrons. The summed E-state index contributed by atoms with van der Waals surface area (Å²) in [6.07, 6.45) is -0.584. The fourth-order valence-corrected chi connectivity index (χ4v) is 2.27. The molecule has 0 aliphatic carbocycles. The van der Waals surface area contributed by atoms with Crippen molar-refractivity contribution in [3.05, 3.63) is 33.8 Å². The van der Waals surface area contributed by atoms with E-state index in [-0.39, 0.29) is 5.84 Å². The van der Waals surface area contributed by atoms with Gasteiger partial charge >= 0.3 is 6.09 Å². The topological polar surface area (TPSA) is 77.2 Å². The quantitative estimate of drug-likeness (QED) is 0.392. The van der Waals surface area contributed by atoms with Gasteiger partial charge in [0, 0.05) is 13.1 Å². The number of benzene rings is 1. The second-order valence-electron chi connectivity index (χ2n) is 4.03. The SMILES string of the molecule is NC(=NOC(=O)N1CCOCC1)c1c(Cl)cccc1Cl. The van der Waals surface area contributed by atoms with E-state index in [0.717, 1.165) is 0 Å². The van der Waals surface area contributed by atoms with Gasteiger partial charge in [-0.3, -0.25) is 4.84 Å². The molecule has 1 aromatic carbocycles. The number of hydrogen-bond acceptors (Lipinski definition) is 4. The van der Waals surface area contributed by atoms with E-state index < -0.39 is 6.09 Å². The molecular formula is C12H13Cl2N3O3. The van der Waals surface area contributed by atoms with Crippen LogP contribution in [0.1, 0.15) is 5.56 Å². The first-order valence-electron chi connectivity index (χ1n) is 5.91. The predicted molar refractivity (Wildman–Crippen MR) is 76.1 cm³/mol. The molecule has 2 N–H and O–H groups in total. The third kappa shape index (κ3) is 3.53. The molecule has 0 aromatic heterocycles. The average molecular weight is 318 g/mol. The van der Waals surface area contributed by atoms with Gasteiger partial charge in [-0.05, 0) is 12.1 Å². The van der Waals surface area contributed by atoms with Crippen molar-refractivity contribution in [2.75, 3.05) is 26.3 Å². The van der Waals surface area contributed by atoms with E-state index in [0.29, 0.717) is 41.9 Å². The summed E-state index contributed by atoms with van der Waals surface area (Å²) in [5.74, 6) is -0.0535. The largest absolute Gasteiger partial charge is 0.436 e. The van der Waals surface area contributed by atoms with Gasteiger partial charge in [-0.25, -0.2) is 4.79 Å². The van der Waals surface area contributed by atoms with Crippen LogP contribution in [0, 0.1) is 0 Å². The Kier molecular flexibility index (Phi) is 5.05. The number of amides is 1. The number of nitrogens with zero attached hydrogens (tertiary/aromatic N) is 2. The summed E-state index contributed by atoms with van der Waals surface area (Å²) in [4.78, 5) is 18.0. The molecule has 1 saturated heterocycles. The number of carbonyl (C=O) groups is 1. The Morgan fingerprint density at radius 1 is 1.30 bits per heavy atom. The first-order valence-corrected chi connectivity index (χ1v) is 6.66. The molecular weight excluding hydrogens is 305 g/mol. The Morgan fingerprint density at radius 3 is 2.50 bits per heavy atom. The van der Waals surface area contributed by atoms with Gasteiger partial charge in [-0.15, -0.1) is 0 Å². The lowest BCUT2D eigenvalue weighted by Gasteiger charge is -2.24. The van der Waals surface area contributed by atoms with Crippen LogP contribution in [0.3, 0.4) is 0 Å². The molecule has 20 heavy (non-hydrogen) atoms. The van der Waals surface area contributed by atoms with Crippen LogP contribution in [0.15, 0.2) is 23.4 Å². The Hall–Kier alpha value is -1.50. The molecule has 1 aromatic rings. The van der Waals surface area contributed by atoms with Gasteiger partial charge in [0.15, 0.2) is 5.84 Å². The maximum atomic E-state index is 11.7. The minimum atomic E-state index is -0.584. The number of nitrogens with two attached hydrogens (primary N) is 1. The van der Waals surface area contributed by atoms with Crippen LogP contribution < -0.4 is 5.73 Å². The first kappa shape index (κ1) is 14.9. The minimum Gasteiger partial charge on any atom is -0.380 e. The monoisotopic (exact) mass is 317 g/mol. The molecule has 2 rings (SSSR count). The highest BCUT2D eigenvalue weighted by atomic mass is 35.5. The highest BCUT2D eigenvalue weighted by molar-refractivity contribution is 6.39. The fraction of sp³-hybridized carbons (Fsp3) is 0.333. The van der Waals surface area contributed by atoms with E-state index in [9.17, 15) is 4.79 Å². The third-order valence-electron chi connectivity index (χ3n) is 2.71. The van der Waals surface area contributed by atoms with Crippen LogP contribution in [-0.2, 0) is 9.57 Å². The molecule has 1 fully saturated rings. The third-order valence-corrected chi connectivity index (χ3v) is 3.34. The molecule has 0 saturated carbocycles. The lowest BCUT2D eigenvalue weighted by Crippen LogP contribution is -2.40. The number of ether oxygens (including phenoxy) is 1. The molecule has 108 valence electrons. The van der Waals surface area contributed by atoms with Gasteiger partial charge in [0.05, 0.1) is 28.8 Å². The zero-order valence-corrected chi connectivity index (χ0v) is 12.0. The average Bonchev–Trinajstić information content (AvgIpc) is 2.45. The van der Waals surface area contributed by atoms with Crippen LogP contribution in [0.4, 0.5) is 4.79 Å². The molecule has 1 aliphatic rings. The Bertz CT molecular complexity index is 510. The highest BCUT2D eigenvalue weighted by Gasteiger charge is 2.19. The van der Waals surface area contributed by atoms with Crippen LogP contribution in [0.2, 0.25) is 10.0 Å². The number of halogens is 2. The zero-order valence-electron chi connectivity index (χ0n) is 10.5. The standard InChI is InChI=1S/C12H13Cl2N3O3/c13-8-2-1-3-9(14)10(8)11(15)16-20-12(18)17-4-6-19-7-5-17/h1-3H,4-7H2,(H2,15,16). The second-order valence-corrected chi connectivity index (χ2v) is 4.84. The smallest absolute Gasteiger partial charge is 0.380 e. The first-order chi connectivity index (χ1) is 9.59. The molecule has 8 heteroatoms. The fourth-order valence-electron chi connectivity index (χ4n) is 1.68. The summed E-state index contributed by atoms with van der Waals surface area (Å²) in [7, 11) is 0. The summed E-state index contributed by atoms with van der Waals surface area (Å²) in [5, 5.41) is 4.25. The van der Waals surface area contributed by atoms with E-state index in [1.165, 1.54) is 4.90 Å². The van der Waals surface area contributed by atoms with Crippen LogP contribution in [0.25, 0.3) is 0 Å². The van der Waals surface area contributed by atoms with Gasteiger partial charge < -0.3 is 15.4 Å². The van der Waals surface area contributed by atoms with Crippen molar-refractivity contribution < 1.29 is 14.4 Å². The van der Waals surface area contributed by atoms with E-state index >= 15 is 0 Å². The zero-order chi connectivity index (χ0) is 14.5. The van der Waals surface area contributed by atoms with Crippen molar-refractivity contribution in [2.24, 2.45) is 10.9 Å². The van der Waals surface area contributed by atoms with Crippen LogP contribution >= 0.6 is 23.2 Å². The molecule has 0 spiro atoms. The van der Waals surface area contributed by atoms with Gasteiger partial charge in [0.2, 0.25) is 0 Å². The Balaban J connectivity index is 2.05. The molecule has 1 aliphatic heterocycles.